The predicted molar refractivity (Wildman–Crippen MR) is 87.7 cm³/mol. The molecule has 0 unspecified atom stereocenters. The van der Waals surface area contributed by atoms with E-state index < -0.39 is 0 Å². The molecule has 0 aromatic carbocycles. The summed E-state index contributed by atoms with van der Waals surface area (Å²) in [6.45, 7) is 0.581. The van der Waals surface area contributed by atoms with Crippen molar-refractivity contribution in [3.05, 3.63) is 22.6 Å². The van der Waals surface area contributed by atoms with Gasteiger partial charge in [-0.1, -0.05) is 43.6 Å². The third-order valence-corrected chi connectivity index (χ3v) is 3.55. The van der Waals surface area contributed by atoms with Gasteiger partial charge in [0.15, 0.2) is 0 Å². The van der Waals surface area contributed by atoms with E-state index in [1.165, 1.54) is 12.1 Å². The highest BCUT2D eigenvalue weighted by Gasteiger charge is 2.08. The van der Waals surface area contributed by atoms with Gasteiger partial charge in [-0.25, -0.2) is 0 Å². The maximum atomic E-state index is 11.7. The third kappa shape index (κ3) is 8.01. The van der Waals surface area contributed by atoms with Crippen molar-refractivity contribution >= 4 is 5.91 Å². The second-order valence-electron chi connectivity index (χ2n) is 5.45. The van der Waals surface area contributed by atoms with Crippen LogP contribution >= 0.6 is 0 Å². The average molecular weight is 323 g/mol. The topological polar surface area (TPSA) is 123 Å². The minimum atomic E-state index is -0.232. The molecule has 23 heavy (non-hydrogen) atoms. The maximum Gasteiger partial charge on any atom is 0.238 e. The fraction of sp³-hybridized carbons (Fsp3) is 0.667. The van der Waals surface area contributed by atoms with Crippen LogP contribution in [0.25, 0.3) is 10.4 Å². The van der Waals surface area contributed by atoms with Crippen molar-refractivity contribution in [3.63, 3.8) is 0 Å². The monoisotopic (exact) mass is 323 g/mol. The number of nitrogens with one attached hydrogen (secondary N) is 1. The van der Waals surface area contributed by atoms with Gasteiger partial charge in [-0.3, -0.25) is 10.2 Å². The molecule has 0 spiro atoms. The Kier molecular flexibility index (Phi) is 9.16. The van der Waals surface area contributed by atoms with Crippen molar-refractivity contribution in [2.75, 3.05) is 12.0 Å². The molecule has 0 bridgehead atoms. The van der Waals surface area contributed by atoms with Crippen LogP contribution in [0.4, 0.5) is 0 Å². The highest BCUT2D eigenvalue weighted by molar-refractivity contribution is 5.84. The fourth-order valence-electron chi connectivity index (χ4n) is 2.28. The number of hydrogen-bond acceptors (Lipinski definition) is 4. The van der Waals surface area contributed by atoms with E-state index in [0.717, 1.165) is 56.0 Å². The molecule has 0 aliphatic rings. The van der Waals surface area contributed by atoms with Crippen LogP contribution in [0.3, 0.4) is 0 Å². The molecule has 8 heteroatoms. The van der Waals surface area contributed by atoms with E-state index in [4.69, 9.17) is 5.53 Å². The Bertz CT molecular complexity index is 504. The zero-order valence-electron chi connectivity index (χ0n) is 13.3. The van der Waals surface area contributed by atoms with Crippen LogP contribution in [0.2, 0.25) is 0 Å². The molecule has 128 valence electrons. The van der Waals surface area contributed by atoms with E-state index in [9.17, 15) is 15.0 Å². The van der Waals surface area contributed by atoms with E-state index in [1.807, 2.05) is 0 Å². The maximum absolute atomic E-state index is 11.7. The largest absolute Gasteiger partial charge is 0.493 e. The first-order valence-electron chi connectivity index (χ1n) is 8.05. The molecule has 0 atom stereocenters. The Balaban J connectivity index is 1.96. The number of unbranched alkanes of at least 4 members (excludes halogenated alkanes) is 7. The van der Waals surface area contributed by atoms with E-state index in [1.54, 1.807) is 0 Å². The van der Waals surface area contributed by atoms with Crippen molar-refractivity contribution in [1.29, 1.82) is 0 Å². The zero-order chi connectivity index (χ0) is 16.9. The van der Waals surface area contributed by atoms with Crippen molar-refractivity contribution in [1.82, 2.24) is 4.68 Å². The molecule has 0 aliphatic heterocycles. The Morgan fingerprint density at radius 2 is 1.57 bits per heavy atom. The molecule has 1 heterocycles. The minimum absolute atomic E-state index is 0.198. The molecular formula is C15H25N5O3. The molecule has 0 fully saturated rings. The van der Waals surface area contributed by atoms with E-state index in [-0.39, 0.29) is 17.7 Å². The molecular weight excluding hydrogens is 298 g/mol. The van der Waals surface area contributed by atoms with Crippen LogP contribution in [0.5, 0.6) is 11.8 Å². The second-order valence-corrected chi connectivity index (χ2v) is 5.45. The number of aromatic hydroxyl groups is 2. The van der Waals surface area contributed by atoms with Gasteiger partial charge in [-0.2, -0.15) is 4.68 Å². The summed E-state index contributed by atoms with van der Waals surface area (Å²) in [7, 11) is 0. The van der Waals surface area contributed by atoms with Crippen LogP contribution in [0.1, 0.15) is 57.8 Å². The van der Waals surface area contributed by atoms with Gasteiger partial charge >= 0.3 is 0 Å². The molecule has 1 aromatic heterocycles. The van der Waals surface area contributed by atoms with Crippen LogP contribution < -0.4 is 5.43 Å². The first kappa shape index (κ1) is 18.7. The number of carbonyl (C=O) groups is 1. The quantitative estimate of drug-likeness (QED) is 0.234. The zero-order valence-corrected chi connectivity index (χ0v) is 13.3. The summed E-state index contributed by atoms with van der Waals surface area (Å²) < 4.78 is 0.957. The minimum Gasteiger partial charge on any atom is -0.493 e. The summed E-state index contributed by atoms with van der Waals surface area (Å²) in [5.74, 6) is -0.627. The molecule has 0 aliphatic carbocycles. The Morgan fingerprint density at radius 3 is 2.13 bits per heavy atom. The van der Waals surface area contributed by atoms with Gasteiger partial charge in [0, 0.05) is 30.0 Å². The summed E-state index contributed by atoms with van der Waals surface area (Å²) in [4.78, 5) is 14.4. The third-order valence-electron chi connectivity index (χ3n) is 3.55. The molecule has 0 saturated heterocycles. The summed E-state index contributed by atoms with van der Waals surface area (Å²) in [6, 6.07) is 2.62. The molecule has 3 N–H and O–H groups in total. The van der Waals surface area contributed by atoms with Crippen molar-refractivity contribution in [3.8, 4) is 11.8 Å². The highest BCUT2D eigenvalue weighted by Crippen LogP contribution is 2.18. The lowest BCUT2D eigenvalue weighted by molar-refractivity contribution is -0.117. The lowest BCUT2D eigenvalue weighted by Gasteiger charge is -2.08. The van der Waals surface area contributed by atoms with E-state index in [2.05, 4.69) is 15.5 Å². The van der Waals surface area contributed by atoms with Gasteiger partial charge in [0.2, 0.25) is 17.7 Å². The van der Waals surface area contributed by atoms with Crippen LogP contribution in [0.15, 0.2) is 17.2 Å². The van der Waals surface area contributed by atoms with Crippen LogP contribution in [-0.4, -0.2) is 27.3 Å². The number of carbonyl (C=O) groups excluding carboxylic acids is 1. The van der Waals surface area contributed by atoms with Crippen molar-refractivity contribution < 1.29 is 15.0 Å². The summed E-state index contributed by atoms with van der Waals surface area (Å²) >= 11 is 0. The van der Waals surface area contributed by atoms with Gasteiger partial charge < -0.3 is 10.2 Å². The first-order valence-corrected chi connectivity index (χ1v) is 8.05. The number of amides is 1. The van der Waals surface area contributed by atoms with Gasteiger partial charge in [-0.05, 0) is 18.4 Å². The normalized spacial score (nSPS) is 10.3. The van der Waals surface area contributed by atoms with E-state index in [0.29, 0.717) is 13.0 Å². The second kappa shape index (κ2) is 11.3. The molecule has 0 saturated carbocycles. The molecule has 1 rings (SSSR count). The fourth-order valence-corrected chi connectivity index (χ4v) is 2.28. The Labute approximate surface area is 135 Å². The summed E-state index contributed by atoms with van der Waals surface area (Å²) in [5, 5.41) is 22.3. The lowest BCUT2D eigenvalue weighted by atomic mass is 10.1. The van der Waals surface area contributed by atoms with E-state index >= 15 is 0 Å². The summed E-state index contributed by atoms with van der Waals surface area (Å²) in [6.07, 6.45) is 8.70. The molecule has 8 nitrogen and oxygen atoms in total. The van der Waals surface area contributed by atoms with Gasteiger partial charge in [0.05, 0.1) is 0 Å². The predicted octanol–water partition coefficient (Wildman–Crippen LogP) is 3.79. The molecule has 1 amide bonds. The van der Waals surface area contributed by atoms with Crippen LogP contribution in [0, 0.1) is 0 Å². The lowest BCUT2D eigenvalue weighted by Crippen LogP contribution is -2.21. The smallest absolute Gasteiger partial charge is 0.238 e. The Hall–Kier alpha value is -2.34. The average Bonchev–Trinajstić information content (AvgIpc) is 2.84. The van der Waals surface area contributed by atoms with Gasteiger partial charge in [0.25, 0.3) is 0 Å². The van der Waals surface area contributed by atoms with Crippen molar-refractivity contribution in [2.24, 2.45) is 5.11 Å². The molecule has 1 aromatic rings. The summed E-state index contributed by atoms with van der Waals surface area (Å²) in [5.41, 5.74) is 10.6. The van der Waals surface area contributed by atoms with Gasteiger partial charge in [-0.15, -0.1) is 0 Å². The number of nitrogens with zero attached hydrogens (tertiary/aromatic N) is 4. The van der Waals surface area contributed by atoms with Crippen LogP contribution in [-0.2, 0) is 4.79 Å². The number of hydrogen-bond donors (Lipinski definition) is 3. The Morgan fingerprint density at radius 1 is 1.04 bits per heavy atom. The highest BCUT2D eigenvalue weighted by atomic mass is 16.3. The van der Waals surface area contributed by atoms with Gasteiger partial charge in [0.1, 0.15) is 0 Å². The standard InChI is InChI=1S/C15H25N5O3/c16-19-17-12-8-6-4-2-1-3-5-7-9-13(21)18-20-14(22)10-11-15(20)23/h10-11,22-23H,1-9,12H2,(H,18,21). The SMILES string of the molecule is [N-]=[N+]=NCCCCCCCCCCC(=O)Nn1c(O)ccc1O. The number of azide groups is 1. The number of rotatable bonds is 12. The first-order chi connectivity index (χ1) is 11.1. The number of aromatic nitrogens is 1. The van der Waals surface area contributed by atoms with Crippen molar-refractivity contribution in [2.45, 2.75) is 57.8 Å². The molecule has 0 radical (unpaired) electrons.